The third-order valence-electron chi connectivity index (χ3n) is 2.31. The molecule has 0 amide bonds. The molecule has 0 saturated carbocycles. The van der Waals surface area contributed by atoms with Gasteiger partial charge in [0, 0.05) is 6.20 Å². The summed E-state index contributed by atoms with van der Waals surface area (Å²) in [5.41, 5.74) is 0.874. The Balaban J connectivity index is 2.30. The SMILES string of the molecule is CC(C)c1ccn(-c2ccc(C(=O)O)nn2)n1. The molecule has 0 saturated heterocycles. The number of hydrogen-bond acceptors (Lipinski definition) is 4. The van der Waals surface area contributed by atoms with Gasteiger partial charge < -0.3 is 5.11 Å². The third kappa shape index (κ3) is 2.30. The van der Waals surface area contributed by atoms with E-state index in [0.29, 0.717) is 11.7 Å². The lowest BCUT2D eigenvalue weighted by molar-refractivity contribution is 0.0689. The minimum atomic E-state index is -1.09. The molecule has 6 heteroatoms. The summed E-state index contributed by atoms with van der Waals surface area (Å²) in [5.74, 6) is -0.253. The lowest BCUT2D eigenvalue weighted by atomic mass is 10.1. The van der Waals surface area contributed by atoms with Gasteiger partial charge in [0.2, 0.25) is 0 Å². The van der Waals surface area contributed by atoms with Crippen molar-refractivity contribution in [3.05, 3.63) is 35.8 Å². The van der Waals surface area contributed by atoms with E-state index in [1.165, 1.54) is 6.07 Å². The number of hydrogen-bond donors (Lipinski definition) is 1. The monoisotopic (exact) mass is 232 g/mol. The first-order valence-corrected chi connectivity index (χ1v) is 5.21. The molecule has 2 aromatic rings. The Hall–Kier alpha value is -2.24. The van der Waals surface area contributed by atoms with Crippen molar-refractivity contribution < 1.29 is 9.90 Å². The van der Waals surface area contributed by atoms with Crippen LogP contribution in [-0.4, -0.2) is 31.1 Å². The van der Waals surface area contributed by atoms with Crippen LogP contribution in [0, 0.1) is 0 Å². The van der Waals surface area contributed by atoms with E-state index in [1.54, 1.807) is 16.9 Å². The predicted octanol–water partition coefficient (Wildman–Crippen LogP) is 1.48. The molecule has 0 radical (unpaired) electrons. The highest BCUT2D eigenvalue weighted by molar-refractivity contribution is 5.85. The summed E-state index contributed by atoms with van der Waals surface area (Å²) in [7, 11) is 0. The normalized spacial score (nSPS) is 10.8. The van der Waals surface area contributed by atoms with Gasteiger partial charge in [-0.2, -0.15) is 5.10 Å². The maximum Gasteiger partial charge on any atom is 0.356 e. The zero-order valence-electron chi connectivity index (χ0n) is 9.53. The maximum absolute atomic E-state index is 10.6. The molecule has 2 rings (SSSR count). The maximum atomic E-state index is 10.6. The summed E-state index contributed by atoms with van der Waals surface area (Å²) in [4.78, 5) is 10.6. The number of aromatic carboxylic acids is 1. The highest BCUT2D eigenvalue weighted by atomic mass is 16.4. The summed E-state index contributed by atoms with van der Waals surface area (Å²) in [6, 6.07) is 4.88. The van der Waals surface area contributed by atoms with Crippen LogP contribution in [0.1, 0.15) is 35.9 Å². The van der Waals surface area contributed by atoms with E-state index >= 15 is 0 Å². The molecule has 0 unspecified atom stereocenters. The van der Waals surface area contributed by atoms with Crippen LogP contribution in [0.3, 0.4) is 0 Å². The molecule has 0 fully saturated rings. The van der Waals surface area contributed by atoms with E-state index in [1.807, 2.05) is 19.9 Å². The molecule has 17 heavy (non-hydrogen) atoms. The minimum absolute atomic E-state index is 0.0787. The minimum Gasteiger partial charge on any atom is -0.476 e. The molecular weight excluding hydrogens is 220 g/mol. The number of nitrogens with zero attached hydrogens (tertiary/aromatic N) is 4. The van der Waals surface area contributed by atoms with Crippen molar-refractivity contribution in [1.29, 1.82) is 0 Å². The molecule has 0 spiro atoms. The van der Waals surface area contributed by atoms with Crippen LogP contribution in [0.15, 0.2) is 24.4 Å². The van der Waals surface area contributed by atoms with Gasteiger partial charge in [-0.3, -0.25) is 0 Å². The van der Waals surface area contributed by atoms with Gasteiger partial charge in [-0.15, -0.1) is 10.2 Å². The van der Waals surface area contributed by atoms with Crippen molar-refractivity contribution in [1.82, 2.24) is 20.0 Å². The van der Waals surface area contributed by atoms with Crippen LogP contribution in [0.5, 0.6) is 0 Å². The van der Waals surface area contributed by atoms with Crippen LogP contribution < -0.4 is 0 Å². The smallest absolute Gasteiger partial charge is 0.356 e. The lowest BCUT2D eigenvalue weighted by Gasteiger charge is -2.00. The molecule has 0 aliphatic carbocycles. The molecule has 1 N–H and O–H groups in total. The Morgan fingerprint density at radius 1 is 1.29 bits per heavy atom. The van der Waals surface area contributed by atoms with E-state index in [4.69, 9.17) is 5.11 Å². The molecular formula is C11H12N4O2. The molecule has 0 bridgehead atoms. The second-order valence-corrected chi connectivity index (χ2v) is 3.92. The Kier molecular flexibility index (Phi) is 2.86. The number of rotatable bonds is 3. The average Bonchev–Trinajstić information content (AvgIpc) is 2.78. The van der Waals surface area contributed by atoms with Gasteiger partial charge in [0.05, 0.1) is 5.69 Å². The van der Waals surface area contributed by atoms with Gasteiger partial charge in [0.25, 0.3) is 0 Å². The standard InChI is InChI=1S/C11H12N4O2/c1-7(2)8-5-6-15(14-8)10-4-3-9(11(16)17)12-13-10/h3-7H,1-2H3,(H,16,17). The van der Waals surface area contributed by atoms with Crippen molar-refractivity contribution in [3.8, 4) is 5.82 Å². The number of carboxylic acid groups (broad SMARTS) is 1. The van der Waals surface area contributed by atoms with E-state index in [9.17, 15) is 4.79 Å². The van der Waals surface area contributed by atoms with Crippen molar-refractivity contribution in [2.24, 2.45) is 0 Å². The van der Waals surface area contributed by atoms with Gasteiger partial charge in [-0.05, 0) is 24.1 Å². The highest BCUT2D eigenvalue weighted by Gasteiger charge is 2.08. The zero-order chi connectivity index (χ0) is 12.4. The van der Waals surface area contributed by atoms with E-state index in [2.05, 4.69) is 15.3 Å². The first kappa shape index (κ1) is 11.3. The van der Waals surface area contributed by atoms with Crippen molar-refractivity contribution in [2.75, 3.05) is 0 Å². The second-order valence-electron chi connectivity index (χ2n) is 3.92. The summed E-state index contributed by atoms with van der Waals surface area (Å²) in [5, 5.41) is 20.4. The molecule has 0 aliphatic heterocycles. The van der Waals surface area contributed by atoms with Crippen LogP contribution >= 0.6 is 0 Å². The quantitative estimate of drug-likeness (QED) is 0.866. The highest BCUT2D eigenvalue weighted by Crippen LogP contribution is 2.12. The Bertz CT molecular complexity index is 531. The fourth-order valence-corrected chi connectivity index (χ4v) is 1.34. The van der Waals surface area contributed by atoms with Crippen LogP contribution in [0.4, 0.5) is 0 Å². The lowest BCUT2D eigenvalue weighted by Crippen LogP contribution is -2.06. The first-order chi connectivity index (χ1) is 8.08. The topological polar surface area (TPSA) is 80.9 Å². The fourth-order valence-electron chi connectivity index (χ4n) is 1.34. The van der Waals surface area contributed by atoms with Crippen LogP contribution in [-0.2, 0) is 0 Å². The molecule has 0 atom stereocenters. The van der Waals surface area contributed by atoms with Crippen molar-refractivity contribution >= 4 is 5.97 Å². The van der Waals surface area contributed by atoms with E-state index in [-0.39, 0.29) is 5.69 Å². The summed E-state index contributed by atoms with van der Waals surface area (Å²) < 4.78 is 1.58. The Labute approximate surface area is 97.9 Å². The predicted molar refractivity (Wildman–Crippen MR) is 60.2 cm³/mol. The van der Waals surface area contributed by atoms with Crippen molar-refractivity contribution in [3.63, 3.8) is 0 Å². The molecule has 0 aliphatic rings. The largest absolute Gasteiger partial charge is 0.476 e. The molecule has 2 aromatic heterocycles. The number of aromatic nitrogens is 4. The van der Waals surface area contributed by atoms with Crippen LogP contribution in [0.2, 0.25) is 0 Å². The molecule has 6 nitrogen and oxygen atoms in total. The van der Waals surface area contributed by atoms with Crippen molar-refractivity contribution in [2.45, 2.75) is 19.8 Å². The van der Waals surface area contributed by atoms with Gasteiger partial charge in [-0.25, -0.2) is 9.48 Å². The number of carbonyl (C=O) groups is 1. The fraction of sp³-hybridized carbons (Fsp3) is 0.273. The summed E-state index contributed by atoms with van der Waals surface area (Å²) in [6.07, 6.45) is 1.78. The van der Waals surface area contributed by atoms with E-state index < -0.39 is 5.97 Å². The molecule has 0 aromatic carbocycles. The zero-order valence-corrected chi connectivity index (χ0v) is 9.53. The summed E-state index contributed by atoms with van der Waals surface area (Å²) in [6.45, 7) is 4.09. The van der Waals surface area contributed by atoms with Gasteiger partial charge >= 0.3 is 5.97 Å². The van der Waals surface area contributed by atoms with Gasteiger partial charge in [0.1, 0.15) is 0 Å². The van der Waals surface area contributed by atoms with E-state index in [0.717, 1.165) is 5.69 Å². The summed E-state index contributed by atoms with van der Waals surface area (Å²) >= 11 is 0. The second kappa shape index (κ2) is 4.32. The number of carboxylic acids is 1. The Morgan fingerprint density at radius 3 is 2.53 bits per heavy atom. The van der Waals surface area contributed by atoms with Gasteiger partial charge in [-0.1, -0.05) is 13.8 Å². The molecule has 88 valence electrons. The van der Waals surface area contributed by atoms with Crippen LogP contribution in [0.25, 0.3) is 5.82 Å². The Morgan fingerprint density at radius 2 is 2.06 bits per heavy atom. The molecule has 2 heterocycles. The van der Waals surface area contributed by atoms with Gasteiger partial charge in [0.15, 0.2) is 11.5 Å². The third-order valence-corrected chi connectivity index (χ3v) is 2.31. The first-order valence-electron chi connectivity index (χ1n) is 5.21. The average molecular weight is 232 g/mol.